The van der Waals surface area contributed by atoms with Crippen molar-refractivity contribution in [3.8, 4) is 6.07 Å². The number of rotatable bonds is 13. The van der Waals surface area contributed by atoms with Crippen molar-refractivity contribution in [1.29, 1.82) is 5.26 Å². The number of methoxy groups -OCH3 is 1. The number of nitrogens with zero attached hydrogens (tertiary/aromatic N) is 1. The number of hydrogen-bond donors (Lipinski definition) is 0. The second-order valence-electron chi connectivity index (χ2n) is 4.35. The van der Waals surface area contributed by atoms with Crippen LogP contribution in [0.1, 0.15) is 19.3 Å². The quantitative estimate of drug-likeness (QED) is 0.380. The number of ether oxygens (including phenoxy) is 3. The smallest absolute Gasteiger partial charge is 0.0701 e. The molecule has 0 saturated heterocycles. The van der Waals surface area contributed by atoms with Gasteiger partial charge in [0.15, 0.2) is 0 Å². The molecular formula is C15H25NO3. The lowest BCUT2D eigenvalue weighted by Gasteiger charge is -2.23. The van der Waals surface area contributed by atoms with E-state index in [1.807, 2.05) is 0 Å². The van der Waals surface area contributed by atoms with Gasteiger partial charge in [-0.1, -0.05) is 12.2 Å². The number of allylic oxidation sites excluding steroid dienone is 2. The summed E-state index contributed by atoms with van der Waals surface area (Å²) in [5.74, 6) is 0. The van der Waals surface area contributed by atoms with Crippen LogP contribution < -0.4 is 0 Å². The van der Waals surface area contributed by atoms with Crippen LogP contribution in [0.4, 0.5) is 0 Å². The topological polar surface area (TPSA) is 51.5 Å². The predicted molar refractivity (Wildman–Crippen MR) is 75.8 cm³/mol. The molecule has 0 unspecified atom stereocenters. The van der Waals surface area contributed by atoms with Crippen molar-refractivity contribution in [3.05, 3.63) is 25.3 Å². The monoisotopic (exact) mass is 267 g/mol. The van der Waals surface area contributed by atoms with Crippen LogP contribution in [-0.2, 0) is 14.2 Å². The lowest BCUT2D eigenvalue weighted by molar-refractivity contribution is 0.0196. The van der Waals surface area contributed by atoms with Crippen molar-refractivity contribution >= 4 is 0 Å². The highest BCUT2D eigenvalue weighted by molar-refractivity contribution is 5.05. The van der Waals surface area contributed by atoms with Gasteiger partial charge in [0.2, 0.25) is 0 Å². The van der Waals surface area contributed by atoms with Gasteiger partial charge in [0.05, 0.1) is 37.9 Å². The molecule has 0 saturated carbocycles. The van der Waals surface area contributed by atoms with E-state index in [2.05, 4.69) is 19.2 Å². The Balaban J connectivity index is 3.78. The van der Waals surface area contributed by atoms with E-state index in [1.54, 1.807) is 19.3 Å². The van der Waals surface area contributed by atoms with E-state index in [0.717, 1.165) is 0 Å². The molecule has 0 aromatic heterocycles. The molecular weight excluding hydrogens is 242 g/mol. The fourth-order valence-corrected chi connectivity index (χ4v) is 1.72. The zero-order valence-electron chi connectivity index (χ0n) is 11.9. The molecule has 0 fully saturated rings. The summed E-state index contributed by atoms with van der Waals surface area (Å²) in [7, 11) is 1.64. The summed E-state index contributed by atoms with van der Waals surface area (Å²) < 4.78 is 15.6. The molecule has 4 nitrogen and oxygen atoms in total. The van der Waals surface area contributed by atoms with Crippen molar-refractivity contribution in [2.75, 3.05) is 40.1 Å². The Morgan fingerprint density at radius 2 is 1.53 bits per heavy atom. The van der Waals surface area contributed by atoms with Gasteiger partial charge in [-0.3, -0.25) is 0 Å². The Kier molecular flexibility index (Phi) is 11.2. The van der Waals surface area contributed by atoms with Crippen molar-refractivity contribution in [1.82, 2.24) is 0 Å². The Hall–Kier alpha value is -1.15. The molecule has 4 heteroatoms. The second kappa shape index (κ2) is 11.9. The summed E-state index contributed by atoms with van der Waals surface area (Å²) in [5.41, 5.74) is -0.430. The Bertz CT molecular complexity index is 274. The first kappa shape index (κ1) is 17.8. The molecule has 0 radical (unpaired) electrons. The third kappa shape index (κ3) is 8.55. The van der Waals surface area contributed by atoms with E-state index >= 15 is 0 Å². The summed E-state index contributed by atoms with van der Waals surface area (Å²) in [6, 6.07) is 2.37. The van der Waals surface area contributed by atoms with Crippen LogP contribution in [0.5, 0.6) is 0 Å². The van der Waals surface area contributed by atoms with Gasteiger partial charge in [0.1, 0.15) is 0 Å². The molecule has 0 aliphatic rings. The summed E-state index contributed by atoms with van der Waals surface area (Å²) in [5, 5.41) is 9.30. The molecule has 0 atom stereocenters. The molecule has 0 amide bonds. The van der Waals surface area contributed by atoms with Gasteiger partial charge in [0.25, 0.3) is 0 Å². The maximum Gasteiger partial charge on any atom is 0.0701 e. The molecule has 108 valence electrons. The highest BCUT2D eigenvalue weighted by Crippen LogP contribution is 2.30. The zero-order chi connectivity index (χ0) is 14.4. The highest BCUT2D eigenvalue weighted by atomic mass is 16.5. The van der Waals surface area contributed by atoms with Gasteiger partial charge in [-0.2, -0.15) is 5.26 Å². The Labute approximate surface area is 116 Å². The van der Waals surface area contributed by atoms with E-state index in [1.165, 1.54) is 0 Å². The fraction of sp³-hybridized carbons (Fsp3) is 0.667. The minimum Gasteiger partial charge on any atom is -0.382 e. The summed E-state index contributed by atoms with van der Waals surface area (Å²) in [6.45, 7) is 10.2. The van der Waals surface area contributed by atoms with Crippen LogP contribution in [0, 0.1) is 16.7 Å². The van der Waals surface area contributed by atoms with Gasteiger partial charge >= 0.3 is 0 Å². The average molecular weight is 267 g/mol. The lowest BCUT2D eigenvalue weighted by atomic mass is 9.80. The molecule has 19 heavy (non-hydrogen) atoms. The normalized spacial score (nSPS) is 10.9. The molecule has 0 N–H and O–H groups in total. The maximum atomic E-state index is 9.30. The zero-order valence-corrected chi connectivity index (χ0v) is 11.9. The summed E-state index contributed by atoms with van der Waals surface area (Å²) in [4.78, 5) is 0. The molecule has 0 bridgehead atoms. The first-order valence-corrected chi connectivity index (χ1v) is 6.52. The average Bonchev–Trinajstić information content (AvgIpc) is 2.42. The van der Waals surface area contributed by atoms with Crippen LogP contribution in [0.25, 0.3) is 0 Å². The molecule has 0 heterocycles. The third-order valence-corrected chi connectivity index (χ3v) is 2.84. The van der Waals surface area contributed by atoms with Crippen LogP contribution >= 0.6 is 0 Å². The highest BCUT2D eigenvalue weighted by Gasteiger charge is 2.26. The van der Waals surface area contributed by atoms with Gasteiger partial charge in [-0.15, -0.1) is 13.2 Å². The Morgan fingerprint density at radius 3 is 2.00 bits per heavy atom. The van der Waals surface area contributed by atoms with Crippen LogP contribution in [0.3, 0.4) is 0 Å². The second-order valence-corrected chi connectivity index (χ2v) is 4.35. The van der Waals surface area contributed by atoms with Crippen molar-refractivity contribution in [3.63, 3.8) is 0 Å². The maximum absolute atomic E-state index is 9.30. The van der Waals surface area contributed by atoms with E-state index in [-0.39, 0.29) is 0 Å². The van der Waals surface area contributed by atoms with Crippen LogP contribution in [0.15, 0.2) is 25.3 Å². The number of hydrogen-bond acceptors (Lipinski definition) is 4. The standard InChI is InChI=1S/C15H25NO3/c1-4-6-15(14-16,7-5-2)8-9-18-12-13-19-11-10-17-3/h4-5H,1-2,6-13H2,3H3. The minimum absolute atomic E-state index is 0.430. The third-order valence-electron chi connectivity index (χ3n) is 2.84. The van der Waals surface area contributed by atoms with Crippen molar-refractivity contribution < 1.29 is 14.2 Å². The van der Waals surface area contributed by atoms with Gasteiger partial charge < -0.3 is 14.2 Å². The first-order valence-electron chi connectivity index (χ1n) is 6.52. The fourth-order valence-electron chi connectivity index (χ4n) is 1.72. The molecule has 0 aromatic rings. The summed E-state index contributed by atoms with van der Waals surface area (Å²) >= 11 is 0. The Morgan fingerprint density at radius 1 is 1.00 bits per heavy atom. The van der Waals surface area contributed by atoms with Crippen LogP contribution in [0.2, 0.25) is 0 Å². The molecule has 0 aromatic carbocycles. The van der Waals surface area contributed by atoms with Crippen molar-refractivity contribution in [2.24, 2.45) is 5.41 Å². The molecule has 0 rings (SSSR count). The molecule has 0 spiro atoms. The van der Waals surface area contributed by atoms with Crippen molar-refractivity contribution in [2.45, 2.75) is 19.3 Å². The predicted octanol–water partition coefficient (Wildman–Crippen LogP) is 2.72. The van der Waals surface area contributed by atoms with E-state index < -0.39 is 5.41 Å². The van der Waals surface area contributed by atoms with E-state index in [9.17, 15) is 5.26 Å². The minimum atomic E-state index is -0.430. The van der Waals surface area contributed by atoms with Gasteiger partial charge in [-0.25, -0.2) is 0 Å². The van der Waals surface area contributed by atoms with Gasteiger partial charge in [-0.05, 0) is 19.3 Å². The summed E-state index contributed by atoms with van der Waals surface area (Å²) in [6.07, 6.45) is 5.55. The van der Waals surface area contributed by atoms with Crippen LogP contribution in [-0.4, -0.2) is 40.1 Å². The van der Waals surface area contributed by atoms with Gasteiger partial charge in [0, 0.05) is 13.7 Å². The molecule has 0 aliphatic heterocycles. The first-order chi connectivity index (χ1) is 9.24. The molecule has 0 aliphatic carbocycles. The lowest BCUT2D eigenvalue weighted by Crippen LogP contribution is -2.20. The van der Waals surface area contributed by atoms with E-state index in [4.69, 9.17) is 14.2 Å². The van der Waals surface area contributed by atoms with E-state index in [0.29, 0.717) is 52.3 Å². The SMILES string of the molecule is C=CCC(C#N)(CC=C)CCOCCOCCOC. The number of nitriles is 1. The largest absolute Gasteiger partial charge is 0.382 e.